The van der Waals surface area contributed by atoms with E-state index in [2.05, 4.69) is 15.9 Å². The van der Waals surface area contributed by atoms with Gasteiger partial charge in [0, 0.05) is 5.02 Å². The monoisotopic (exact) mass is 567 g/mol. The summed E-state index contributed by atoms with van der Waals surface area (Å²) in [4.78, 5) is 38.2. The van der Waals surface area contributed by atoms with Crippen molar-refractivity contribution in [2.45, 2.75) is 33.0 Å². The minimum Gasteiger partial charge on any atom is -0.493 e. The standard InChI is InChI=1S/C24H23BrClNO6S/c1-4-14(2)33-21(28)12-27-23(29)20(34-24(27)30)11-16-9-18(25)22(19(10-16)31-3)32-13-15-5-7-17(26)8-6-15/h5-11,14H,4,12-13H2,1-3H3/b20-11+/t14-/m1/s1. The minimum atomic E-state index is -0.621. The Hall–Kier alpha value is -2.49. The van der Waals surface area contributed by atoms with Gasteiger partial charge in [-0.15, -0.1) is 0 Å². The fourth-order valence-corrected chi connectivity index (χ4v) is 4.50. The average Bonchev–Trinajstić information content (AvgIpc) is 3.06. The summed E-state index contributed by atoms with van der Waals surface area (Å²) in [5.41, 5.74) is 1.55. The molecule has 0 N–H and O–H groups in total. The lowest BCUT2D eigenvalue weighted by Crippen LogP contribution is -2.35. The van der Waals surface area contributed by atoms with Crippen LogP contribution in [0.4, 0.5) is 4.79 Å². The Bertz CT molecular complexity index is 1120. The molecule has 1 saturated heterocycles. The summed E-state index contributed by atoms with van der Waals surface area (Å²) in [6.07, 6.45) is 1.93. The van der Waals surface area contributed by atoms with Crippen molar-refractivity contribution in [1.29, 1.82) is 0 Å². The molecule has 3 rings (SSSR count). The van der Waals surface area contributed by atoms with E-state index in [0.29, 0.717) is 39.6 Å². The van der Waals surface area contributed by atoms with Gasteiger partial charge in [0.05, 0.1) is 22.6 Å². The first-order valence-electron chi connectivity index (χ1n) is 10.4. The Labute approximate surface area is 215 Å². The highest BCUT2D eigenvalue weighted by Gasteiger charge is 2.37. The van der Waals surface area contributed by atoms with Gasteiger partial charge in [0.2, 0.25) is 0 Å². The second-order valence-corrected chi connectivity index (χ2v) is 9.71. The first kappa shape index (κ1) is 26.1. The number of carbonyl (C=O) groups is 3. The maximum atomic E-state index is 12.7. The number of nitrogens with zero attached hydrogens (tertiary/aromatic N) is 1. The lowest BCUT2D eigenvalue weighted by molar-refractivity contribution is -0.150. The Balaban J connectivity index is 1.75. The van der Waals surface area contributed by atoms with E-state index in [0.717, 1.165) is 22.2 Å². The van der Waals surface area contributed by atoms with E-state index < -0.39 is 23.7 Å². The largest absolute Gasteiger partial charge is 0.493 e. The number of methoxy groups -OCH3 is 1. The first-order chi connectivity index (χ1) is 16.2. The zero-order valence-electron chi connectivity index (χ0n) is 18.8. The molecule has 1 fully saturated rings. The van der Waals surface area contributed by atoms with Gasteiger partial charge < -0.3 is 14.2 Å². The van der Waals surface area contributed by atoms with Crippen LogP contribution in [0.25, 0.3) is 6.08 Å². The van der Waals surface area contributed by atoms with E-state index in [1.807, 2.05) is 19.1 Å². The third-order valence-corrected chi connectivity index (χ3v) is 6.66. The highest BCUT2D eigenvalue weighted by molar-refractivity contribution is 9.10. The molecule has 2 aromatic carbocycles. The maximum absolute atomic E-state index is 12.7. The zero-order valence-corrected chi connectivity index (χ0v) is 22.0. The number of ether oxygens (including phenoxy) is 3. The van der Waals surface area contributed by atoms with Crippen LogP contribution in [0.15, 0.2) is 45.8 Å². The molecule has 0 bridgehead atoms. The number of hydrogen-bond acceptors (Lipinski definition) is 7. The van der Waals surface area contributed by atoms with E-state index in [9.17, 15) is 14.4 Å². The summed E-state index contributed by atoms with van der Waals surface area (Å²) in [5, 5.41) is 0.120. The number of hydrogen-bond donors (Lipinski definition) is 0. The topological polar surface area (TPSA) is 82.1 Å². The number of imide groups is 1. The van der Waals surface area contributed by atoms with Gasteiger partial charge in [-0.1, -0.05) is 30.7 Å². The van der Waals surface area contributed by atoms with E-state index >= 15 is 0 Å². The lowest BCUT2D eigenvalue weighted by atomic mass is 10.1. The van der Waals surface area contributed by atoms with Crippen LogP contribution in [-0.2, 0) is 20.9 Å². The predicted octanol–water partition coefficient (Wildman–Crippen LogP) is 6.07. The number of carbonyl (C=O) groups excluding carboxylic acids is 3. The average molecular weight is 569 g/mol. The van der Waals surface area contributed by atoms with Crippen LogP contribution in [0.3, 0.4) is 0 Å². The highest BCUT2D eigenvalue weighted by Crippen LogP contribution is 2.39. The van der Waals surface area contributed by atoms with Crippen LogP contribution >= 0.6 is 39.3 Å². The third kappa shape index (κ3) is 6.55. The summed E-state index contributed by atoms with van der Waals surface area (Å²) < 4.78 is 17.2. The van der Waals surface area contributed by atoms with E-state index in [-0.39, 0.29) is 11.0 Å². The van der Waals surface area contributed by atoms with Gasteiger partial charge in [-0.2, -0.15) is 0 Å². The fraction of sp³-hybridized carbons (Fsp3) is 0.292. The summed E-state index contributed by atoms with van der Waals surface area (Å²) >= 11 is 10.2. The molecule has 0 spiro atoms. The third-order valence-electron chi connectivity index (χ3n) is 4.91. The second-order valence-electron chi connectivity index (χ2n) is 7.43. The van der Waals surface area contributed by atoms with Crippen LogP contribution in [0.1, 0.15) is 31.4 Å². The number of halogens is 2. The molecule has 180 valence electrons. The van der Waals surface area contributed by atoms with E-state index in [4.69, 9.17) is 25.8 Å². The Kier molecular flexibility index (Phi) is 9.04. The van der Waals surface area contributed by atoms with Crippen LogP contribution < -0.4 is 9.47 Å². The summed E-state index contributed by atoms with van der Waals surface area (Å²) in [5.74, 6) is -0.222. The summed E-state index contributed by atoms with van der Waals surface area (Å²) in [6, 6.07) is 10.8. The number of amides is 2. The van der Waals surface area contributed by atoms with Crippen molar-refractivity contribution in [3.8, 4) is 11.5 Å². The van der Waals surface area contributed by atoms with Crippen molar-refractivity contribution < 1.29 is 28.6 Å². The Morgan fingerprint density at radius 3 is 2.59 bits per heavy atom. The van der Waals surface area contributed by atoms with Gasteiger partial charge in [-0.05, 0) is 82.5 Å². The number of esters is 1. The Morgan fingerprint density at radius 2 is 1.94 bits per heavy atom. The number of thioether (sulfide) groups is 1. The highest BCUT2D eigenvalue weighted by atomic mass is 79.9. The van der Waals surface area contributed by atoms with Crippen LogP contribution in [0.2, 0.25) is 5.02 Å². The molecular formula is C24H23BrClNO6S. The quantitative estimate of drug-likeness (QED) is 0.268. The lowest BCUT2D eigenvalue weighted by Gasteiger charge is -2.15. The van der Waals surface area contributed by atoms with Gasteiger partial charge in [-0.3, -0.25) is 19.3 Å². The minimum absolute atomic E-state index is 0.199. The van der Waals surface area contributed by atoms with Crippen LogP contribution in [-0.4, -0.2) is 41.8 Å². The van der Waals surface area contributed by atoms with Crippen LogP contribution in [0.5, 0.6) is 11.5 Å². The van der Waals surface area contributed by atoms with Gasteiger partial charge in [0.15, 0.2) is 11.5 Å². The summed E-state index contributed by atoms with van der Waals surface area (Å²) in [6.45, 7) is 3.51. The maximum Gasteiger partial charge on any atom is 0.326 e. The molecule has 1 aliphatic rings. The molecule has 0 aliphatic carbocycles. The number of benzene rings is 2. The molecule has 2 aromatic rings. The first-order valence-corrected chi connectivity index (χ1v) is 12.4. The fourth-order valence-electron chi connectivity index (χ4n) is 2.96. The molecule has 0 saturated carbocycles. The normalized spacial score (nSPS) is 15.6. The van der Waals surface area contributed by atoms with Crippen molar-refractivity contribution >= 4 is 62.5 Å². The molecule has 0 unspecified atom stereocenters. The van der Waals surface area contributed by atoms with E-state index in [1.165, 1.54) is 7.11 Å². The molecule has 7 nitrogen and oxygen atoms in total. The Morgan fingerprint density at radius 1 is 1.24 bits per heavy atom. The van der Waals surface area contributed by atoms with E-state index in [1.54, 1.807) is 37.3 Å². The molecule has 0 aromatic heterocycles. The molecule has 1 aliphatic heterocycles. The van der Waals surface area contributed by atoms with Crippen molar-refractivity contribution in [3.63, 3.8) is 0 Å². The zero-order chi connectivity index (χ0) is 24.8. The predicted molar refractivity (Wildman–Crippen MR) is 135 cm³/mol. The van der Waals surface area contributed by atoms with Gasteiger partial charge in [0.1, 0.15) is 13.2 Å². The van der Waals surface area contributed by atoms with Crippen LogP contribution in [0, 0.1) is 0 Å². The van der Waals surface area contributed by atoms with Crippen molar-refractivity contribution in [1.82, 2.24) is 4.90 Å². The smallest absolute Gasteiger partial charge is 0.326 e. The molecule has 1 heterocycles. The molecule has 0 radical (unpaired) electrons. The number of rotatable bonds is 9. The second kappa shape index (κ2) is 11.8. The summed E-state index contributed by atoms with van der Waals surface area (Å²) in [7, 11) is 1.51. The van der Waals surface area contributed by atoms with Gasteiger partial charge in [-0.25, -0.2) is 0 Å². The molecule has 2 amide bonds. The molecule has 34 heavy (non-hydrogen) atoms. The van der Waals surface area contributed by atoms with Crippen molar-refractivity contribution in [2.75, 3.05) is 13.7 Å². The SMILES string of the molecule is CC[C@@H](C)OC(=O)CN1C(=O)S/C(=C/c2cc(Br)c(OCc3ccc(Cl)cc3)c(OC)c2)C1=O. The van der Waals surface area contributed by atoms with Gasteiger partial charge >= 0.3 is 5.97 Å². The molecular weight excluding hydrogens is 546 g/mol. The molecule has 1 atom stereocenters. The molecule has 10 heteroatoms. The van der Waals surface area contributed by atoms with Gasteiger partial charge in [0.25, 0.3) is 11.1 Å². The van der Waals surface area contributed by atoms with Crippen molar-refractivity contribution in [3.05, 3.63) is 61.9 Å². The van der Waals surface area contributed by atoms with Crippen molar-refractivity contribution in [2.24, 2.45) is 0 Å².